The van der Waals surface area contributed by atoms with Gasteiger partial charge in [-0.05, 0) is 23.8 Å². The predicted molar refractivity (Wildman–Crippen MR) is 46.5 cm³/mol. The summed E-state index contributed by atoms with van der Waals surface area (Å²) in [6.45, 7) is 3.58. The normalized spacial score (nSPS) is 13.3. The molecular weight excluding hydrogens is 158 g/mol. The average Bonchev–Trinajstić information content (AvgIpc) is 2.39. The zero-order valence-corrected chi connectivity index (χ0v) is 7.47. The van der Waals surface area contributed by atoms with Gasteiger partial charge >= 0.3 is 0 Å². The molecule has 0 radical (unpaired) electrons. The monoisotopic (exact) mass is 172 g/mol. The van der Waals surface area contributed by atoms with Gasteiger partial charge in [-0.15, -0.1) is 0 Å². The molecule has 0 saturated carbocycles. The number of nitrogens with two attached hydrogens (primary N) is 1. The Morgan fingerprint density at radius 2 is 2.55 bits per heavy atom. The first-order valence-corrected chi connectivity index (χ1v) is 4.74. The summed E-state index contributed by atoms with van der Waals surface area (Å²) in [7, 11) is 0. The standard InChI is InChI=1S/C8H13NOS/c1-7(10)4-9-5-8-2-3-11-6-8/h2-3,6-7,9-10H,4-5H2,1H3/p+1/t7-/m0/s1. The van der Waals surface area contributed by atoms with Crippen LogP contribution in [0.2, 0.25) is 0 Å². The van der Waals surface area contributed by atoms with Gasteiger partial charge in [0.25, 0.3) is 0 Å². The molecule has 2 nitrogen and oxygen atoms in total. The molecule has 1 heterocycles. The van der Waals surface area contributed by atoms with E-state index in [0.29, 0.717) is 0 Å². The fourth-order valence-corrected chi connectivity index (χ4v) is 1.58. The lowest BCUT2D eigenvalue weighted by molar-refractivity contribution is -0.676. The molecule has 0 saturated heterocycles. The summed E-state index contributed by atoms with van der Waals surface area (Å²) in [5.41, 5.74) is 1.34. The van der Waals surface area contributed by atoms with Crippen LogP contribution < -0.4 is 5.32 Å². The Morgan fingerprint density at radius 3 is 3.09 bits per heavy atom. The van der Waals surface area contributed by atoms with Crippen LogP contribution in [-0.4, -0.2) is 17.8 Å². The number of hydrogen-bond acceptors (Lipinski definition) is 2. The summed E-state index contributed by atoms with van der Waals surface area (Å²) in [4.78, 5) is 0. The van der Waals surface area contributed by atoms with Crippen LogP contribution in [0.5, 0.6) is 0 Å². The molecule has 0 unspecified atom stereocenters. The third-order valence-electron chi connectivity index (χ3n) is 1.47. The smallest absolute Gasteiger partial charge is 0.102 e. The van der Waals surface area contributed by atoms with E-state index in [1.54, 1.807) is 11.3 Å². The van der Waals surface area contributed by atoms with E-state index in [1.165, 1.54) is 5.56 Å². The maximum Gasteiger partial charge on any atom is 0.102 e. The fourth-order valence-electron chi connectivity index (χ4n) is 0.900. The quantitative estimate of drug-likeness (QED) is 0.668. The molecule has 0 bridgehead atoms. The molecule has 62 valence electrons. The molecule has 3 heteroatoms. The van der Waals surface area contributed by atoms with Crippen molar-refractivity contribution in [2.24, 2.45) is 0 Å². The summed E-state index contributed by atoms with van der Waals surface area (Å²) in [5.74, 6) is 0. The Balaban J connectivity index is 2.14. The van der Waals surface area contributed by atoms with Gasteiger partial charge in [-0.2, -0.15) is 11.3 Å². The molecule has 1 aromatic heterocycles. The van der Waals surface area contributed by atoms with E-state index in [9.17, 15) is 0 Å². The molecule has 0 fully saturated rings. The minimum atomic E-state index is -0.200. The van der Waals surface area contributed by atoms with Gasteiger partial charge in [0.2, 0.25) is 0 Å². The third kappa shape index (κ3) is 3.51. The molecule has 1 aromatic rings. The molecule has 1 rings (SSSR count). The van der Waals surface area contributed by atoms with Gasteiger partial charge in [-0.1, -0.05) is 0 Å². The van der Waals surface area contributed by atoms with Crippen LogP contribution in [0.15, 0.2) is 16.8 Å². The van der Waals surface area contributed by atoms with E-state index in [1.807, 2.05) is 6.92 Å². The second-order valence-electron chi connectivity index (χ2n) is 2.71. The summed E-state index contributed by atoms with van der Waals surface area (Å²) in [6, 6.07) is 2.11. The highest BCUT2D eigenvalue weighted by Crippen LogP contribution is 2.02. The van der Waals surface area contributed by atoms with Crippen molar-refractivity contribution in [3.8, 4) is 0 Å². The Bertz CT molecular complexity index is 184. The van der Waals surface area contributed by atoms with Gasteiger partial charge in [-0.3, -0.25) is 0 Å². The van der Waals surface area contributed by atoms with Crippen molar-refractivity contribution >= 4 is 11.3 Å². The van der Waals surface area contributed by atoms with Crippen LogP contribution in [-0.2, 0) is 6.54 Å². The van der Waals surface area contributed by atoms with Crippen molar-refractivity contribution in [3.05, 3.63) is 22.4 Å². The third-order valence-corrected chi connectivity index (χ3v) is 2.20. The van der Waals surface area contributed by atoms with E-state index < -0.39 is 0 Å². The first-order valence-electron chi connectivity index (χ1n) is 3.80. The maximum atomic E-state index is 8.95. The summed E-state index contributed by atoms with van der Waals surface area (Å²) in [5, 5.41) is 15.3. The van der Waals surface area contributed by atoms with Crippen molar-refractivity contribution in [3.63, 3.8) is 0 Å². The van der Waals surface area contributed by atoms with Crippen LogP contribution in [0.3, 0.4) is 0 Å². The van der Waals surface area contributed by atoms with Gasteiger partial charge in [0.1, 0.15) is 13.1 Å². The zero-order chi connectivity index (χ0) is 8.10. The van der Waals surface area contributed by atoms with Crippen LogP contribution in [0.1, 0.15) is 12.5 Å². The van der Waals surface area contributed by atoms with Crippen molar-refractivity contribution in [1.29, 1.82) is 0 Å². The number of quaternary nitrogens is 1. The second-order valence-corrected chi connectivity index (χ2v) is 3.49. The summed E-state index contributed by atoms with van der Waals surface area (Å²) in [6.07, 6.45) is -0.200. The molecule has 0 aliphatic carbocycles. The minimum absolute atomic E-state index is 0.200. The highest BCUT2D eigenvalue weighted by molar-refractivity contribution is 7.07. The van der Waals surface area contributed by atoms with E-state index in [4.69, 9.17) is 5.11 Å². The van der Waals surface area contributed by atoms with Crippen LogP contribution in [0, 0.1) is 0 Å². The average molecular weight is 172 g/mol. The van der Waals surface area contributed by atoms with E-state index >= 15 is 0 Å². The molecule has 3 N–H and O–H groups in total. The lowest BCUT2D eigenvalue weighted by Gasteiger charge is -2.01. The topological polar surface area (TPSA) is 36.8 Å². The molecular formula is C8H14NOS+. The Hall–Kier alpha value is -0.380. The highest BCUT2D eigenvalue weighted by Gasteiger charge is 1.98. The molecule has 0 aliphatic heterocycles. The zero-order valence-electron chi connectivity index (χ0n) is 6.66. The second kappa shape index (κ2) is 4.49. The summed E-state index contributed by atoms with van der Waals surface area (Å²) >= 11 is 1.72. The van der Waals surface area contributed by atoms with Crippen molar-refractivity contribution in [2.45, 2.75) is 19.6 Å². The number of aliphatic hydroxyl groups is 1. The maximum absolute atomic E-state index is 8.95. The van der Waals surface area contributed by atoms with Gasteiger partial charge in [0.15, 0.2) is 0 Å². The predicted octanol–water partition coefficient (Wildman–Crippen LogP) is 0.192. The van der Waals surface area contributed by atoms with E-state index in [0.717, 1.165) is 13.1 Å². The first-order chi connectivity index (χ1) is 5.29. The van der Waals surface area contributed by atoms with E-state index in [-0.39, 0.29) is 6.10 Å². The first kappa shape index (κ1) is 8.71. The Labute approximate surface area is 70.9 Å². The number of aliphatic hydroxyl groups excluding tert-OH is 1. The van der Waals surface area contributed by atoms with Crippen LogP contribution >= 0.6 is 11.3 Å². The summed E-state index contributed by atoms with van der Waals surface area (Å²) < 4.78 is 0. The van der Waals surface area contributed by atoms with Gasteiger partial charge in [0, 0.05) is 5.56 Å². The molecule has 0 aliphatic rings. The van der Waals surface area contributed by atoms with Crippen molar-refractivity contribution < 1.29 is 10.4 Å². The van der Waals surface area contributed by atoms with Gasteiger partial charge < -0.3 is 10.4 Å². The SMILES string of the molecule is C[C@H](O)C[NH2+]Cc1ccsc1. The van der Waals surface area contributed by atoms with Crippen molar-refractivity contribution in [1.82, 2.24) is 0 Å². The van der Waals surface area contributed by atoms with Gasteiger partial charge in [0.05, 0.1) is 6.10 Å². The lowest BCUT2D eigenvalue weighted by Crippen LogP contribution is -2.84. The lowest BCUT2D eigenvalue weighted by atomic mass is 10.3. The largest absolute Gasteiger partial charge is 0.388 e. The van der Waals surface area contributed by atoms with E-state index in [2.05, 4.69) is 22.1 Å². The molecule has 1 atom stereocenters. The minimum Gasteiger partial charge on any atom is -0.388 e. The Kier molecular flexibility index (Phi) is 3.56. The van der Waals surface area contributed by atoms with Crippen LogP contribution in [0.4, 0.5) is 0 Å². The van der Waals surface area contributed by atoms with Crippen LogP contribution in [0.25, 0.3) is 0 Å². The molecule has 0 aromatic carbocycles. The molecule has 0 spiro atoms. The fraction of sp³-hybridized carbons (Fsp3) is 0.500. The number of thiophene rings is 1. The molecule has 11 heavy (non-hydrogen) atoms. The van der Waals surface area contributed by atoms with Gasteiger partial charge in [-0.25, -0.2) is 0 Å². The highest BCUT2D eigenvalue weighted by atomic mass is 32.1. The number of hydrogen-bond donors (Lipinski definition) is 2. The molecule has 0 amide bonds. The Morgan fingerprint density at radius 1 is 1.73 bits per heavy atom. The number of rotatable bonds is 4. The van der Waals surface area contributed by atoms with Crippen molar-refractivity contribution in [2.75, 3.05) is 6.54 Å².